The monoisotopic (exact) mass is 392 g/mol. The number of nitrogens with one attached hydrogen (secondary N) is 1. The Kier molecular flexibility index (Phi) is 6.73. The molecule has 0 bridgehead atoms. The van der Waals surface area contributed by atoms with Gasteiger partial charge < -0.3 is 19.5 Å². The summed E-state index contributed by atoms with van der Waals surface area (Å²) in [7, 11) is 1.74. The average molecular weight is 393 g/mol. The van der Waals surface area contributed by atoms with Gasteiger partial charge in [0.1, 0.15) is 0 Å². The van der Waals surface area contributed by atoms with E-state index in [-0.39, 0.29) is 17.8 Å². The third-order valence-corrected chi connectivity index (χ3v) is 5.71. The molecule has 0 atom stereocenters. The summed E-state index contributed by atoms with van der Waals surface area (Å²) in [6.07, 6.45) is 5.82. The third-order valence-electron chi connectivity index (χ3n) is 5.71. The van der Waals surface area contributed by atoms with E-state index in [1.807, 2.05) is 0 Å². The number of halogens is 1. The van der Waals surface area contributed by atoms with Crippen LogP contribution in [0.5, 0.6) is 0 Å². The Morgan fingerprint density at radius 1 is 1.11 bits per heavy atom. The third kappa shape index (κ3) is 4.28. The number of benzene rings is 1. The number of nitrogens with zero attached hydrogens (tertiary/aromatic N) is 3. The van der Waals surface area contributed by atoms with Gasteiger partial charge >= 0.3 is 0 Å². The molecule has 0 saturated carbocycles. The van der Waals surface area contributed by atoms with Crippen LogP contribution < -0.4 is 10.2 Å². The molecule has 0 spiro atoms. The molecule has 0 radical (unpaired) electrons. The number of methoxy groups -OCH3 is 1. The van der Waals surface area contributed by atoms with Crippen LogP contribution in [0.4, 0.5) is 5.69 Å². The Balaban J connectivity index is 0.00000210. The first-order valence-corrected chi connectivity index (χ1v) is 9.70. The van der Waals surface area contributed by atoms with Crippen LogP contribution in [0.1, 0.15) is 38.0 Å². The van der Waals surface area contributed by atoms with Gasteiger partial charge in [-0.1, -0.05) is 5.16 Å². The second-order valence-corrected chi connectivity index (χ2v) is 7.48. The molecule has 2 aliphatic rings. The molecule has 3 heterocycles. The van der Waals surface area contributed by atoms with Crippen molar-refractivity contribution < 1.29 is 9.26 Å². The lowest BCUT2D eigenvalue weighted by Crippen LogP contribution is -2.43. The van der Waals surface area contributed by atoms with Crippen LogP contribution in [0.3, 0.4) is 0 Å². The van der Waals surface area contributed by atoms with Crippen molar-refractivity contribution in [3.8, 4) is 11.4 Å². The van der Waals surface area contributed by atoms with Crippen molar-refractivity contribution in [1.29, 1.82) is 0 Å². The van der Waals surface area contributed by atoms with Crippen LogP contribution in [0.15, 0.2) is 28.8 Å². The molecule has 1 aromatic carbocycles. The first-order chi connectivity index (χ1) is 12.8. The number of rotatable bonds is 5. The molecule has 1 aromatic heterocycles. The summed E-state index contributed by atoms with van der Waals surface area (Å²) in [5.74, 6) is 1.37. The first-order valence-electron chi connectivity index (χ1n) is 9.70. The van der Waals surface area contributed by atoms with Gasteiger partial charge in [-0.3, -0.25) is 0 Å². The predicted molar refractivity (Wildman–Crippen MR) is 109 cm³/mol. The highest BCUT2D eigenvalue weighted by atomic mass is 35.5. The molecular formula is C20H29ClN4O2. The number of hydrogen-bond acceptors (Lipinski definition) is 6. The number of aromatic nitrogens is 2. The van der Waals surface area contributed by atoms with E-state index in [0.717, 1.165) is 44.6 Å². The van der Waals surface area contributed by atoms with Gasteiger partial charge in [-0.05, 0) is 69.5 Å². The molecule has 7 heteroatoms. The Morgan fingerprint density at radius 2 is 1.81 bits per heavy atom. The number of hydrogen-bond donors (Lipinski definition) is 1. The van der Waals surface area contributed by atoms with Crippen LogP contribution in [0.25, 0.3) is 11.4 Å². The largest absolute Gasteiger partial charge is 0.384 e. The van der Waals surface area contributed by atoms with E-state index < -0.39 is 0 Å². The lowest BCUT2D eigenvalue weighted by Gasteiger charge is -2.33. The topological polar surface area (TPSA) is 63.4 Å². The average Bonchev–Trinajstić information content (AvgIpc) is 3.21. The first kappa shape index (κ1) is 20.1. The Labute approximate surface area is 167 Å². The van der Waals surface area contributed by atoms with Crippen LogP contribution >= 0.6 is 12.4 Å². The SMILES string of the molecule is COCC1(c2nc(-c3ccc(N4CCCCC4)cc3)no2)CCNCC1.Cl. The van der Waals surface area contributed by atoms with Crippen LogP contribution in [0.2, 0.25) is 0 Å². The fourth-order valence-corrected chi connectivity index (χ4v) is 4.13. The van der Waals surface area contributed by atoms with Crippen molar-refractivity contribution in [1.82, 2.24) is 15.5 Å². The van der Waals surface area contributed by atoms with E-state index in [2.05, 4.69) is 39.6 Å². The van der Waals surface area contributed by atoms with Gasteiger partial charge in [0.05, 0.1) is 12.0 Å². The van der Waals surface area contributed by atoms with E-state index in [0.29, 0.717) is 18.3 Å². The second kappa shape index (κ2) is 9.04. The number of ether oxygens (including phenoxy) is 1. The Hall–Kier alpha value is -1.63. The summed E-state index contributed by atoms with van der Waals surface area (Å²) >= 11 is 0. The predicted octanol–water partition coefficient (Wildman–Crippen LogP) is 3.42. The minimum absolute atomic E-state index is 0. The summed E-state index contributed by atoms with van der Waals surface area (Å²) in [5, 5.41) is 7.65. The molecule has 6 nitrogen and oxygen atoms in total. The zero-order valence-corrected chi connectivity index (χ0v) is 16.8. The zero-order chi connectivity index (χ0) is 17.8. The molecular weight excluding hydrogens is 364 g/mol. The molecule has 2 aliphatic heterocycles. The number of anilines is 1. The summed E-state index contributed by atoms with van der Waals surface area (Å²) in [6.45, 7) is 4.82. The van der Waals surface area contributed by atoms with Crippen LogP contribution in [-0.4, -0.2) is 50.0 Å². The standard InChI is InChI=1S/C20H28N4O2.ClH/c1-25-15-20(9-11-21-12-10-20)19-22-18(23-26-19)16-5-7-17(8-6-16)24-13-3-2-4-14-24;/h5-8,21H,2-4,9-15H2,1H3;1H. The molecule has 0 aliphatic carbocycles. The maximum absolute atomic E-state index is 5.68. The van der Waals surface area contributed by atoms with Crippen LogP contribution in [0, 0.1) is 0 Å². The maximum atomic E-state index is 5.68. The van der Waals surface area contributed by atoms with Gasteiger partial charge in [-0.25, -0.2) is 0 Å². The summed E-state index contributed by atoms with van der Waals surface area (Å²) in [4.78, 5) is 7.19. The molecule has 2 fully saturated rings. The van der Waals surface area contributed by atoms with Gasteiger partial charge in [0, 0.05) is 31.5 Å². The zero-order valence-electron chi connectivity index (χ0n) is 15.9. The smallest absolute Gasteiger partial charge is 0.235 e. The van der Waals surface area contributed by atoms with Crippen LogP contribution in [-0.2, 0) is 10.2 Å². The molecule has 2 saturated heterocycles. The van der Waals surface area contributed by atoms with Gasteiger partial charge in [0.2, 0.25) is 11.7 Å². The highest BCUT2D eigenvalue weighted by Crippen LogP contribution is 2.34. The highest BCUT2D eigenvalue weighted by Gasteiger charge is 2.39. The highest BCUT2D eigenvalue weighted by molar-refractivity contribution is 5.85. The molecule has 0 unspecified atom stereocenters. The number of piperidine rings is 2. The summed E-state index contributed by atoms with van der Waals surface area (Å²) in [5.41, 5.74) is 2.12. The van der Waals surface area contributed by atoms with Crippen molar-refractivity contribution in [2.75, 3.05) is 44.8 Å². The summed E-state index contributed by atoms with van der Waals surface area (Å²) in [6, 6.07) is 8.55. The molecule has 2 aromatic rings. The lowest BCUT2D eigenvalue weighted by atomic mass is 9.79. The lowest BCUT2D eigenvalue weighted by molar-refractivity contribution is 0.0850. The van der Waals surface area contributed by atoms with Crippen molar-refractivity contribution >= 4 is 18.1 Å². The Bertz CT molecular complexity index is 702. The van der Waals surface area contributed by atoms with E-state index in [9.17, 15) is 0 Å². The molecule has 0 amide bonds. The van der Waals surface area contributed by atoms with E-state index in [1.165, 1.54) is 24.9 Å². The minimum atomic E-state index is -0.168. The van der Waals surface area contributed by atoms with Crippen molar-refractivity contribution in [2.24, 2.45) is 0 Å². The van der Waals surface area contributed by atoms with E-state index in [1.54, 1.807) is 7.11 Å². The fourth-order valence-electron chi connectivity index (χ4n) is 4.13. The maximum Gasteiger partial charge on any atom is 0.235 e. The second-order valence-electron chi connectivity index (χ2n) is 7.48. The molecule has 27 heavy (non-hydrogen) atoms. The van der Waals surface area contributed by atoms with Crippen molar-refractivity contribution in [2.45, 2.75) is 37.5 Å². The molecule has 1 N–H and O–H groups in total. The van der Waals surface area contributed by atoms with Crippen molar-refractivity contribution in [3.63, 3.8) is 0 Å². The van der Waals surface area contributed by atoms with Gasteiger partial charge in [-0.2, -0.15) is 4.98 Å². The molecule has 148 valence electrons. The Morgan fingerprint density at radius 3 is 2.48 bits per heavy atom. The van der Waals surface area contributed by atoms with Gasteiger partial charge in [0.25, 0.3) is 0 Å². The fraction of sp³-hybridized carbons (Fsp3) is 0.600. The summed E-state index contributed by atoms with van der Waals surface area (Å²) < 4.78 is 11.2. The minimum Gasteiger partial charge on any atom is -0.384 e. The van der Waals surface area contributed by atoms with E-state index in [4.69, 9.17) is 14.2 Å². The quantitative estimate of drug-likeness (QED) is 0.841. The van der Waals surface area contributed by atoms with Gasteiger partial charge in [-0.15, -0.1) is 12.4 Å². The van der Waals surface area contributed by atoms with Gasteiger partial charge in [0.15, 0.2) is 0 Å². The normalized spacial score (nSPS) is 19.5. The van der Waals surface area contributed by atoms with Crippen molar-refractivity contribution in [3.05, 3.63) is 30.2 Å². The van der Waals surface area contributed by atoms with E-state index >= 15 is 0 Å². The molecule has 4 rings (SSSR count).